The first-order valence-electron chi connectivity index (χ1n) is 10.7. The monoisotopic (exact) mass is 479 g/mol. The Kier molecular flexibility index (Phi) is 7.11. The minimum Gasteiger partial charge on any atom is -0.326 e. The second-order valence-electron chi connectivity index (χ2n) is 7.75. The van der Waals surface area contributed by atoms with Crippen LogP contribution in [0.4, 0.5) is 5.69 Å². The van der Waals surface area contributed by atoms with E-state index in [0.29, 0.717) is 27.9 Å². The molecule has 0 aliphatic carbocycles. The highest BCUT2D eigenvalue weighted by atomic mass is 35.5. The highest BCUT2D eigenvalue weighted by Gasteiger charge is 2.32. The fourth-order valence-corrected chi connectivity index (χ4v) is 4.16. The Morgan fingerprint density at radius 2 is 1.73 bits per heavy atom. The Balaban J connectivity index is 1.71. The Morgan fingerprint density at radius 1 is 1.00 bits per heavy atom. The molecule has 3 aromatic rings. The van der Waals surface area contributed by atoms with E-state index >= 15 is 0 Å². The number of para-hydroxylation sites is 1. The molecule has 33 heavy (non-hydrogen) atoms. The Morgan fingerprint density at radius 3 is 2.45 bits per heavy atom. The highest BCUT2D eigenvalue weighted by molar-refractivity contribution is 6.42. The van der Waals surface area contributed by atoms with Gasteiger partial charge in [-0.2, -0.15) is 0 Å². The van der Waals surface area contributed by atoms with E-state index in [1.54, 1.807) is 23.1 Å². The fraction of sp³-hybridized carbons (Fsp3) is 0.192. The summed E-state index contributed by atoms with van der Waals surface area (Å²) in [5.74, 6) is -0.594. The number of nitrogens with zero attached hydrogens (tertiary/aromatic N) is 2. The van der Waals surface area contributed by atoms with E-state index in [0.717, 1.165) is 23.2 Å². The van der Waals surface area contributed by atoms with Gasteiger partial charge in [-0.15, -0.1) is 0 Å². The van der Waals surface area contributed by atoms with E-state index in [4.69, 9.17) is 28.2 Å². The van der Waals surface area contributed by atoms with Crippen molar-refractivity contribution >= 4 is 46.4 Å². The fourth-order valence-electron chi connectivity index (χ4n) is 3.84. The molecule has 2 amide bonds. The van der Waals surface area contributed by atoms with E-state index in [-0.39, 0.29) is 18.2 Å². The third-order valence-electron chi connectivity index (χ3n) is 5.35. The molecule has 1 aliphatic heterocycles. The second-order valence-corrected chi connectivity index (χ2v) is 8.56. The van der Waals surface area contributed by atoms with E-state index in [2.05, 4.69) is 5.32 Å². The van der Waals surface area contributed by atoms with Gasteiger partial charge in [0.25, 0.3) is 5.91 Å². The minimum absolute atomic E-state index is 0.0532. The van der Waals surface area contributed by atoms with Crippen molar-refractivity contribution in [2.45, 2.75) is 25.9 Å². The van der Waals surface area contributed by atoms with Gasteiger partial charge in [-0.3, -0.25) is 9.59 Å². The van der Waals surface area contributed by atoms with Crippen LogP contribution in [0.1, 0.15) is 30.0 Å². The lowest BCUT2D eigenvalue weighted by Gasteiger charge is -2.25. The molecule has 0 saturated heterocycles. The van der Waals surface area contributed by atoms with Gasteiger partial charge in [0, 0.05) is 17.7 Å². The molecule has 7 heteroatoms. The molecule has 5 nitrogen and oxygen atoms in total. The number of amides is 2. The molecule has 1 unspecified atom stereocenters. The summed E-state index contributed by atoms with van der Waals surface area (Å²) in [4.78, 5) is 32.9. The van der Waals surface area contributed by atoms with Crippen LogP contribution in [-0.4, -0.2) is 30.2 Å². The Bertz CT molecular complexity index is 1210. The summed E-state index contributed by atoms with van der Waals surface area (Å²) in [5.41, 5.74) is 3.88. The number of nitrogens with one attached hydrogen (secondary N) is 1. The molecular formula is C26H23Cl2N3O2. The zero-order valence-electron chi connectivity index (χ0n) is 18.1. The van der Waals surface area contributed by atoms with Crippen LogP contribution >= 0.6 is 23.2 Å². The molecule has 0 aromatic heterocycles. The van der Waals surface area contributed by atoms with Gasteiger partial charge in [0.1, 0.15) is 0 Å². The molecule has 168 valence electrons. The minimum atomic E-state index is -1.05. The van der Waals surface area contributed by atoms with Crippen molar-refractivity contribution < 1.29 is 9.59 Å². The molecule has 0 spiro atoms. The summed E-state index contributed by atoms with van der Waals surface area (Å²) in [6.07, 6.45) is -0.225. The summed E-state index contributed by atoms with van der Waals surface area (Å²) in [5, 5.41) is 3.62. The summed E-state index contributed by atoms with van der Waals surface area (Å²) in [7, 11) is 0. The van der Waals surface area contributed by atoms with Gasteiger partial charge in [0.05, 0.1) is 27.9 Å². The van der Waals surface area contributed by atoms with Crippen LogP contribution in [-0.2, 0) is 16.0 Å². The quantitative estimate of drug-likeness (QED) is 0.523. The van der Waals surface area contributed by atoms with Crippen LogP contribution in [0.15, 0.2) is 77.8 Å². The van der Waals surface area contributed by atoms with Crippen molar-refractivity contribution in [3.8, 4) is 0 Å². The number of fused-ring (bicyclic) bond motifs is 1. The van der Waals surface area contributed by atoms with Gasteiger partial charge in [-0.05, 0) is 30.2 Å². The maximum atomic E-state index is 13.5. The predicted molar refractivity (Wildman–Crippen MR) is 133 cm³/mol. The van der Waals surface area contributed by atoms with Gasteiger partial charge < -0.3 is 10.2 Å². The molecule has 0 radical (unpaired) electrons. The van der Waals surface area contributed by atoms with Crippen LogP contribution in [0.3, 0.4) is 0 Å². The number of hydrogen-bond donors (Lipinski definition) is 1. The number of rotatable bonds is 6. The van der Waals surface area contributed by atoms with E-state index in [9.17, 15) is 9.59 Å². The molecule has 3 aromatic carbocycles. The van der Waals surface area contributed by atoms with Gasteiger partial charge in [-0.25, -0.2) is 4.99 Å². The summed E-state index contributed by atoms with van der Waals surface area (Å²) < 4.78 is 0. The van der Waals surface area contributed by atoms with E-state index in [1.165, 1.54) is 0 Å². The highest BCUT2D eigenvalue weighted by Crippen LogP contribution is 2.28. The average molecular weight is 480 g/mol. The van der Waals surface area contributed by atoms with Crippen LogP contribution < -0.4 is 10.2 Å². The first-order valence-corrected chi connectivity index (χ1v) is 11.5. The number of carbonyl (C=O) groups excluding carboxylic acids is 2. The normalized spacial score (nSPS) is 15.5. The van der Waals surface area contributed by atoms with Gasteiger partial charge in [-0.1, -0.05) is 84.7 Å². The van der Waals surface area contributed by atoms with Gasteiger partial charge >= 0.3 is 0 Å². The third-order valence-corrected chi connectivity index (χ3v) is 6.09. The van der Waals surface area contributed by atoms with Gasteiger partial charge in [0.2, 0.25) is 12.1 Å². The van der Waals surface area contributed by atoms with Crippen molar-refractivity contribution in [3.05, 3.63) is 99.5 Å². The van der Waals surface area contributed by atoms with E-state index in [1.807, 2.05) is 61.5 Å². The maximum Gasteiger partial charge on any atom is 0.272 e. The van der Waals surface area contributed by atoms with Crippen LogP contribution in [0.5, 0.6) is 0 Å². The van der Waals surface area contributed by atoms with Crippen molar-refractivity contribution in [1.82, 2.24) is 5.32 Å². The van der Waals surface area contributed by atoms with Crippen LogP contribution in [0, 0.1) is 0 Å². The van der Waals surface area contributed by atoms with Crippen LogP contribution in [0.25, 0.3) is 0 Å². The number of hydrogen-bond acceptors (Lipinski definition) is 3. The predicted octanol–water partition coefficient (Wildman–Crippen LogP) is 5.27. The largest absolute Gasteiger partial charge is 0.326 e. The third kappa shape index (κ3) is 5.10. The standard InChI is InChI=1S/C26H23Cl2N3O2/c1-2-14-31-22-11-7-6-10-19(22)24(18-8-4-3-5-9-18)30-25(26(31)33)29-23(32)16-17-12-13-20(27)21(28)15-17/h3-13,15,25H,2,14,16H2,1H3,(H,29,32). The molecule has 1 atom stereocenters. The van der Waals surface area contributed by atoms with Crippen molar-refractivity contribution in [3.63, 3.8) is 0 Å². The lowest BCUT2D eigenvalue weighted by atomic mass is 10.0. The molecule has 1 N–H and O–H groups in total. The Hall–Kier alpha value is -3.15. The average Bonchev–Trinajstić information content (AvgIpc) is 2.93. The number of aliphatic imine (C=N–C) groups is 1. The first kappa shape index (κ1) is 23.0. The van der Waals surface area contributed by atoms with Crippen molar-refractivity contribution in [1.29, 1.82) is 0 Å². The smallest absolute Gasteiger partial charge is 0.272 e. The molecule has 4 rings (SSSR count). The number of benzene rings is 3. The molecule has 0 fully saturated rings. The topological polar surface area (TPSA) is 61.8 Å². The van der Waals surface area contributed by atoms with E-state index < -0.39 is 6.17 Å². The zero-order chi connectivity index (χ0) is 23.4. The summed E-state index contributed by atoms with van der Waals surface area (Å²) >= 11 is 12.1. The SMILES string of the molecule is CCCN1C(=O)C(NC(=O)Cc2ccc(Cl)c(Cl)c2)N=C(c2ccccc2)c2ccccc21. The number of halogens is 2. The van der Waals surface area contributed by atoms with Crippen molar-refractivity contribution in [2.24, 2.45) is 4.99 Å². The van der Waals surface area contributed by atoms with Crippen molar-refractivity contribution in [2.75, 3.05) is 11.4 Å². The molecule has 0 saturated carbocycles. The first-order chi connectivity index (χ1) is 16.0. The molecule has 0 bridgehead atoms. The molecular weight excluding hydrogens is 457 g/mol. The summed E-state index contributed by atoms with van der Waals surface area (Å²) in [6.45, 7) is 2.53. The summed E-state index contributed by atoms with van der Waals surface area (Å²) in [6, 6.07) is 22.4. The number of carbonyl (C=O) groups is 2. The van der Waals surface area contributed by atoms with Gasteiger partial charge in [0.15, 0.2) is 0 Å². The maximum absolute atomic E-state index is 13.5. The Labute approximate surface area is 203 Å². The molecule has 1 heterocycles. The lowest BCUT2D eigenvalue weighted by Crippen LogP contribution is -2.48. The zero-order valence-corrected chi connectivity index (χ0v) is 19.6. The lowest BCUT2D eigenvalue weighted by molar-refractivity contribution is -0.127. The second kappa shape index (κ2) is 10.2. The number of anilines is 1. The molecule has 1 aliphatic rings. The van der Waals surface area contributed by atoms with Crippen LogP contribution in [0.2, 0.25) is 10.0 Å². The number of benzodiazepines with no additional fused rings is 1.